The number of primary sulfonamides is 1. The summed E-state index contributed by atoms with van der Waals surface area (Å²) in [6.45, 7) is 0.454. The Kier molecular flexibility index (Phi) is 9.52. The Bertz CT molecular complexity index is 1930. The van der Waals surface area contributed by atoms with E-state index in [1.54, 1.807) is 23.6 Å². The number of likely N-dealkylation sites (tertiary alicyclic amines) is 1. The summed E-state index contributed by atoms with van der Waals surface area (Å²) >= 11 is 1.36. The van der Waals surface area contributed by atoms with Crippen molar-refractivity contribution in [3.8, 4) is 22.6 Å². The van der Waals surface area contributed by atoms with Gasteiger partial charge in [-0.1, -0.05) is 0 Å². The van der Waals surface area contributed by atoms with Gasteiger partial charge < -0.3 is 29.7 Å². The summed E-state index contributed by atoms with van der Waals surface area (Å²) in [5.41, 5.74) is 1.54. The molecule has 6 rings (SSSR count). The third-order valence-corrected chi connectivity index (χ3v) is 9.58. The van der Waals surface area contributed by atoms with Gasteiger partial charge in [0.2, 0.25) is 21.8 Å². The van der Waals surface area contributed by atoms with Crippen LogP contribution in [0, 0.1) is 5.82 Å². The van der Waals surface area contributed by atoms with E-state index in [1.165, 1.54) is 71.1 Å². The molecule has 0 aliphatic carbocycles. The van der Waals surface area contributed by atoms with E-state index in [-0.39, 0.29) is 42.3 Å². The molecule has 0 unspecified atom stereocenters. The first-order chi connectivity index (χ1) is 23.0. The summed E-state index contributed by atoms with van der Waals surface area (Å²) in [6.07, 6.45) is 2.80. The van der Waals surface area contributed by atoms with E-state index in [9.17, 15) is 27.2 Å². The summed E-state index contributed by atoms with van der Waals surface area (Å²) in [6, 6.07) is 14.0. The van der Waals surface area contributed by atoms with Crippen LogP contribution in [0.4, 0.5) is 4.39 Å². The second-order valence-corrected chi connectivity index (χ2v) is 13.6. The smallest absolute Gasteiger partial charge is 0.251 e. The Morgan fingerprint density at radius 3 is 2.38 bits per heavy atom. The molecule has 4 aromatic rings. The quantitative estimate of drug-likeness (QED) is 0.225. The predicted molar refractivity (Wildman–Crippen MR) is 171 cm³/mol. The van der Waals surface area contributed by atoms with Crippen molar-refractivity contribution in [3.05, 3.63) is 94.7 Å². The fraction of sp³-hybridized carbons (Fsp3) is 0.250. The van der Waals surface area contributed by atoms with Gasteiger partial charge in [-0.05, 0) is 71.6 Å². The molecule has 4 N–H and O–H groups in total. The zero-order valence-electron chi connectivity index (χ0n) is 25.3. The molecule has 2 fully saturated rings. The lowest BCUT2D eigenvalue weighted by atomic mass is 10.1. The molecular formula is C32H30FN5O8S2. The number of sulfonamides is 1. The second-order valence-electron chi connectivity index (χ2n) is 11.1. The number of carbonyl (C=O) groups excluding carboxylic acids is 3. The van der Waals surface area contributed by atoms with Crippen molar-refractivity contribution in [1.82, 2.24) is 20.5 Å². The fourth-order valence-corrected chi connectivity index (χ4v) is 6.70. The highest BCUT2D eigenvalue weighted by Crippen LogP contribution is 2.35. The third-order valence-electron chi connectivity index (χ3n) is 7.76. The van der Waals surface area contributed by atoms with Crippen LogP contribution in [-0.2, 0) is 35.6 Å². The number of nitrogens with two attached hydrogens (primary N) is 1. The zero-order valence-corrected chi connectivity index (χ0v) is 26.9. The van der Waals surface area contributed by atoms with Gasteiger partial charge in [-0.15, -0.1) is 11.3 Å². The van der Waals surface area contributed by atoms with Gasteiger partial charge in [-0.25, -0.2) is 17.9 Å². The molecule has 0 bridgehead atoms. The Labute approximate surface area is 278 Å². The number of thiophene rings is 1. The average molecular weight is 696 g/mol. The number of halogens is 1. The van der Waals surface area contributed by atoms with Crippen LogP contribution in [0.5, 0.6) is 11.5 Å². The third kappa shape index (κ3) is 7.69. The molecule has 2 aliphatic heterocycles. The van der Waals surface area contributed by atoms with Crippen LogP contribution in [0.3, 0.4) is 0 Å². The van der Waals surface area contributed by atoms with Crippen LogP contribution < -0.4 is 20.5 Å². The van der Waals surface area contributed by atoms with Crippen LogP contribution in [0.25, 0.3) is 11.1 Å². The number of carbonyl (C=O) groups is 3. The molecule has 1 atom stereocenters. The van der Waals surface area contributed by atoms with Gasteiger partial charge in [-0.3, -0.25) is 19.4 Å². The molecule has 0 saturated carbocycles. The first-order valence-electron chi connectivity index (χ1n) is 14.7. The van der Waals surface area contributed by atoms with E-state index in [2.05, 4.69) is 15.6 Å². The Hall–Kier alpha value is -4.74. The summed E-state index contributed by atoms with van der Waals surface area (Å²) in [4.78, 5) is 45.6. The molecule has 0 radical (unpaired) electrons. The van der Waals surface area contributed by atoms with Crippen molar-refractivity contribution in [2.45, 2.75) is 29.7 Å². The number of amides is 3. The zero-order chi connectivity index (χ0) is 33.9. The topological polar surface area (TPSA) is 179 Å². The maximum Gasteiger partial charge on any atom is 0.251 e. The highest BCUT2D eigenvalue weighted by Gasteiger charge is 2.52. The highest BCUT2D eigenvalue weighted by molar-refractivity contribution is 7.89. The van der Waals surface area contributed by atoms with E-state index in [1.807, 2.05) is 0 Å². The van der Waals surface area contributed by atoms with Crippen molar-refractivity contribution >= 4 is 39.1 Å². The van der Waals surface area contributed by atoms with E-state index in [0.29, 0.717) is 35.8 Å². The number of benzene rings is 2. The second kappa shape index (κ2) is 13.8. The number of rotatable bonds is 10. The first-order valence-corrected chi connectivity index (χ1v) is 17.1. The maximum absolute atomic E-state index is 13.4. The summed E-state index contributed by atoms with van der Waals surface area (Å²) < 4.78 is 53.8. The summed E-state index contributed by atoms with van der Waals surface area (Å²) in [5, 5.41) is 12.5. The summed E-state index contributed by atoms with van der Waals surface area (Å²) in [7, 11) is -3.92. The molecular weight excluding hydrogens is 666 g/mol. The van der Waals surface area contributed by atoms with Crippen molar-refractivity contribution in [1.29, 1.82) is 0 Å². The van der Waals surface area contributed by atoms with Crippen molar-refractivity contribution in [3.63, 3.8) is 0 Å². The Morgan fingerprint density at radius 2 is 1.69 bits per heavy atom. The predicted octanol–water partition coefficient (Wildman–Crippen LogP) is 2.78. The van der Waals surface area contributed by atoms with Crippen LogP contribution in [0.1, 0.15) is 21.7 Å². The molecule has 3 amide bonds. The molecule has 13 nitrogen and oxygen atoms in total. The maximum atomic E-state index is 13.4. The Balaban J connectivity index is 1.06. The molecule has 16 heteroatoms. The fourth-order valence-electron chi connectivity index (χ4n) is 5.36. The van der Waals surface area contributed by atoms with Crippen LogP contribution >= 0.6 is 11.3 Å². The minimum absolute atomic E-state index is 0.0196. The lowest BCUT2D eigenvalue weighted by Crippen LogP contribution is -2.49. The number of pyridine rings is 1. The van der Waals surface area contributed by atoms with Gasteiger partial charge in [0.1, 0.15) is 28.3 Å². The Morgan fingerprint density at radius 1 is 1.00 bits per heavy atom. The van der Waals surface area contributed by atoms with E-state index in [4.69, 9.17) is 19.3 Å². The molecule has 2 aromatic carbocycles. The minimum Gasteiger partial charge on any atom is -0.457 e. The van der Waals surface area contributed by atoms with Gasteiger partial charge in [0, 0.05) is 34.8 Å². The SMILES string of the molecule is NS(=O)(=O)c1cncc(-c2csc(CNC(=O)[C@@H]3CC4(CN3C(=O)CNC(=O)c3ccc(Oc5ccc(F)cc5)cc3)OCCO4)c2)c1. The average Bonchev–Trinajstić information content (AvgIpc) is 3.84. The number of hydrogen-bond donors (Lipinski definition) is 3. The first kappa shape index (κ1) is 33.2. The van der Waals surface area contributed by atoms with Crippen molar-refractivity contribution < 1.29 is 41.4 Å². The van der Waals surface area contributed by atoms with Crippen molar-refractivity contribution in [2.24, 2.45) is 5.14 Å². The van der Waals surface area contributed by atoms with Crippen LogP contribution in [0.2, 0.25) is 0 Å². The monoisotopic (exact) mass is 695 g/mol. The number of nitrogens with one attached hydrogen (secondary N) is 2. The molecule has 2 saturated heterocycles. The number of ether oxygens (including phenoxy) is 3. The molecule has 2 aromatic heterocycles. The van der Waals surface area contributed by atoms with E-state index < -0.39 is 39.6 Å². The molecule has 1 spiro atoms. The number of aromatic nitrogens is 1. The molecule has 250 valence electrons. The van der Waals surface area contributed by atoms with Crippen LogP contribution in [-0.4, -0.2) is 74.2 Å². The number of nitrogens with zero attached hydrogens (tertiary/aromatic N) is 2. The van der Waals surface area contributed by atoms with Gasteiger partial charge in [-0.2, -0.15) is 0 Å². The van der Waals surface area contributed by atoms with Gasteiger partial charge in [0.05, 0.1) is 32.8 Å². The number of hydrogen-bond acceptors (Lipinski definition) is 10. The normalized spacial score (nSPS) is 17.0. The van der Waals surface area contributed by atoms with Gasteiger partial charge >= 0.3 is 0 Å². The van der Waals surface area contributed by atoms with E-state index in [0.717, 1.165) is 4.88 Å². The summed E-state index contributed by atoms with van der Waals surface area (Å²) in [5.74, 6) is -2.04. The van der Waals surface area contributed by atoms with Gasteiger partial charge in [0.25, 0.3) is 5.91 Å². The molecule has 48 heavy (non-hydrogen) atoms. The lowest BCUT2D eigenvalue weighted by Gasteiger charge is -2.24. The minimum atomic E-state index is -3.92. The lowest BCUT2D eigenvalue weighted by molar-refractivity contribution is -0.152. The van der Waals surface area contributed by atoms with Crippen molar-refractivity contribution in [2.75, 3.05) is 26.3 Å². The van der Waals surface area contributed by atoms with Crippen LogP contribution in [0.15, 0.2) is 83.3 Å². The highest BCUT2D eigenvalue weighted by atomic mass is 32.2. The van der Waals surface area contributed by atoms with Gasteiger partial charge in [0.15, 0.2) is 5.79 Å². The molecule has 4 heterocycles. The standard InChI is InChI=1S/C32H30FN5O8S2/c33-23-3-7-25(8-4-23)46-24-5-1-20(2-6-24)30(40)37-17-29(39)38-19-32(44-9-10-45-32)13-28(38)31(41)36-15-26-11-22(18-47-26)21-12-27(16-35-14-21)48(34,42)43/h1-8,11-12,14,16,18,28H,9-10,13,15,17,19H2,(H,36,41)(H,37,40)(H2,34,42,43)/t28-/m0/s1. The largest absolute Gasteiger partial charge is 0.457 e. The van der Waals surface area contributed by atoms with E-state index >= 15 is 0 Å². The molecule has 2 aliphatic rings.